The van der Waals surface area contributed by atoms with Crippen LogP contribution in [-0.4, -0.2) is 38.9 Å². The van der Waals surface area contributed by atoms with Crippen molar-refractivity contribution in [3.05, 3.63) is 33.8 Å². The van der Waals surface area contributed by atoms with Gasteiger partial charge in [-0.2, -0.15) is 0 Å². The van der Waals surface area contributed by atoms with E-state index in [-0.39, 0.29) is 5.91 Å². The number of carbonyl (C=O) groups excluding carboxylic acids is 1. The predicted octanol–water partition coefficient (Wildman–Crippen LogP) is 2.29. The lowest BCUT2D eigenvalue weighted by molar-refractivity contribution is 0.0764. The molecule has 0 fully saturated rings. The van der Waals surface area contributed by atoms with Crippen molar-refractivity contribution in [1.29, 1.82) is 0 Å². The Hall–Kier alpha value is -1.69. The topological polar surface area (TPSA) is 51.0 Å². The van der Waals surface area contributed by atoms with Crippen molar-refractivity contribution in [3.8, 4) is 0 Å². The molecule has 6 heteroatoms. The molecule has 0 N–H and O–H groups in total. The van der Waals surface area contributed by atoms with Gasteiger partial charge in [0.2, 0.25) is 0 Å². The van der Waals surface area contributed by atoms with E-state index in [1.54, 1.807) is 0 Å². The van der Waals surface area contributed by atoms with Gasteiger partial charge in [-0.1, -0.05) is 0 Å². The molecule has 0 saturated heterocycles. The summed E-state index contributed by atoms with van der Waals surface area (Å²) in [5.74, 6) is 1.75. The highest BCUT2D eigenvalue weighted by Gasteiger charge is 2.24. The number of fused-ring (bicyclic) bond motifs is 1. The molecule has 21 heavy (non-hydrogen) atoms. The van der Waals surface area contributed by atoms with Crippen molar-refractivity contribution in [3.63, 3.8) is 0 Å². The van der Waals surface area contributed by atoms with Crippen molar-refractivity contribution < 1.29 is 4.79 Å². The van der Waals surface area contributed by atoms with Crippen LogP contribution in [0, 0.1) is 19.8 Å². The molecule has 112 valence electrons. The molecule has 0 aliphatic carbocycles. The fourth-order valence-electron chi connectivity index (χ4n) is 2.96. The van der Waals surface area contributed by atoms with E-state index in [1.807, 2.05) is 38.2 Å². The molecule has 1 atom stereocenters. The zero-order chi connectivity index (χ0) is 15.0. The van der Waals surface area contributed by atoms with E-state index in [2.05, 4.69) is 14.5 Å². The van der Waals surface area contributed by atoms with Gasteiger partial charge in [0, 0.05) is 39.0 Å². The summed E-state index contributed by atoms with van der Waals surface area (Å²) in [5, 5.41) is 0.949. The summed E-state index contributed by atoms with van der Waals surface area (Å²) in [7, 11) is 1.89. The lowest BCUT2D eigenvalue weighted by Crippen LogP contribution is -2.35. The molecule has 0 unspecified atom stereocenters. The second kappa shape index (κ2) is 5.60. The van der Waals surface area contributed by atoms with Crippen LogP contribution >= 0.6 is 11.3 Å². The van der Waals surface area contributed by atoms with Gasteiger partial charge in [0.05, 0.1) is 10.7 Å². The molecule has 0 saturated carbocycles. The van der Waals surface area contributed by atoms with Crippen LogP contribution in [0.2, 0.25) is 0 Å². The van der Waals surface area contributed by atoms with Crippen LogP contribution in [0.3, 0.4) is 0 Å². The Bertz CT molecular complexity index is 660. The van der Waals surface area contributed by atoms with Crippen LogP contribution in [0.1, 0.15) is 32.6 Å². The molecule has 2 aromatic heterocycles. The average molecular weight is 304 g/mol. The minimum atomic E-state index is 0.0922. The van der Waals surface area contributed by atoms with Gasteiger partial charge in [0.1, 0.15) is 10.7 Å². The average Bonchev–Trinajstić information content (AvgIpc) is 3.03. The van der Waals surface area contributed by atoms with Gasteiger partial charge in [-0.05, 0) is 26.2 Å². The highest BCUT2D eigenvalue weighted by molar-refractivity contribution is 7.13. The first kappa shape index (κ1) is 14.3. The monoisotopic (exact) mass is 304 g/mol. The number of carbonyl (C=O) groups is 1. The Balaban J connectivity index is 1.65. The number of thiazole rings is 1. The molecule has 5 nitrogen and oxygen atoms in total. The SMILES string of the molecule is Cc1nc(C)c(C(=O)N(C)C[C@H]2CCc3nccn3C2)s1. The zero-order valence-electron chi connectivity index (χ0n) is 12.7. The number of amides is 1. The van der Waals surface area contributed by atoms with Gasteiger partial charge >= 0.3 is 0 Å². The van der Waals surface area contributed by atoms with Crippen LogP contribution in [0.15, 0.2) is 12.4 Å². The van der Waals surface area contributed by atoms with E-state index in [9.17, 15) is 4.79 Å². The number of aromatic nitrogens is 3. The lowest BCUT2D eigenvalue weighted by atomic mass is 9.99. The Labute approximate surface area is 128 Å². The van der Waals surface area contributed by atoms with Gasteiger partial charge < -0.3 is 9.47 Å². The standard InChI is InChI=1S/C15H20N4OS/c1-10-14(21-11(2)17-10)15(20)18(3)8-12-4-5-13-16-6-7-19(13)9-12/h6-7,12H,4-5,8-9H2,1-3H3/t12-/m1/s1. The minimum Gasteiger partial charge on any atom is -0.341 e. The molecule has 3 heterocycles. The van der Waals surface area contributed by atoms with Gasteiger partial charge in [0.25, 0.3) is 5.91 Å². The maximum absolute atomic E-state index is 12.5. The normalized spacial score (nSPS) is 17.6. The summed E-state index contributed by atoms with van der Waals surface area (Å²) >= 11 is 1.49. The number of aryl methyl sites for hydroxylation is 3. The van der Waals surface area contributed by atoms with Crippen LogP contribution in [-0.2, 0) is 13.0 Å². The number of imidazole rings is 1. The summed E-state index contributed by atoms with van der Waals surface area (Å²) in [4.78, 5) is 23.8. The largest absolute Gasteiger partial charge is 0.341 e. The molecular weight excluding hydrogens is 284 g/mol. The smallest absolute Gasteiger partial charge is 0.265 e. The molecule has 0 bridgehead atoms. The predicted molar refractivity (Wildman–Crippen MR) is 82.6 cm³/mol. The van der Waals surface area contributed by atoms with Crippen LogP contribution in [0.25, 0.3) is 0 Å². The fraction of sp³-hybridized carbons (Fsp3) is 0.533. The van der Waals surface area contributed by atoms with E-state index >= 15 is 0 Å². The second-order valence-electron chi connectivity index (χ2n) is 5.73. The Morgan fingerprint density at radius 2 is 2.33 bits per heavy atom. The van der Waals surface area contributed by atoms with E-state index in [0.717, 1.165) is 47.3 Å². The van der Waals surface area contributed by atoms with Gasteiger partial charge in [-0.25, -0.2) is 9.97 Å². The molecule has 1 aliphatic rings. The summed E-state index contributed by atoms with van der Waals surface area (Å²) in [6.07, 6.45) is 5.98. The lowest BCUT2D eigenvalue weighted by Gasteiger charge is -2.28. The molecule has 0 aromatic carbocycles. The maximum Gasteiger partial charge on any atom is 0.265 e. The first-order valence-corrected chi connectivity index (χ1v) is 8.05. The molecule has 1 aliphatic heterocycles. The van der Waals surface area contributed by atoms with Gasteiger partial charge in [-0.3, -0.25) is 4.79 Å². The number of hydrogen-bond donors (Lipinski definition) is 0. The maximum atomic E-state index is 12.5. The summed E-state index contributed by atoms with van der Waals surface area (Å²) in [5.41, 5.74) is 0.842. The summed E-state index contributed by atoms with van der Waals surface area (Å²) < 4.78 is 2.20. The van der Waals surface area contributed by atoms with Crippen molar-refractivity contribution in [1.82, 2.24) is 19.4 Å². The number of hydrogen-bond acceptors (Lipinski definition) is 4. The Morgan fingerprint density at radius 3 is 3.05 bits per heavy atom. The molecule has 2 aromatic rings. The van der Waals surface area contributed by atoms with E-state index in [0.29, 0.717) is 5.92 Å². The van der Waals surface area contributed by atoms with Crippen molar-refractivity contribution in [2.24, 2.45) is 5.92 Å². The van der Waals surface area contributed by atoms with Crippen LogP contribution < -0.4 is 0 Å². The highest BCUT2D eigenvalue weighted by atomic mass is 32.1. The Morgan fingerprint density at radius 1 is 1.52 bits per heavy atom. The third-order valence-corrected chi connectivity index (χ3v) is 5.07. The van der Waals surface area contributed by atoms with Crippen LogP contribution in [0.5, 0.6) is 0 Å². The summed E-state index contributed by atoms with van der Waals surface area (Å²) in [6, 6.07) is 0. The molecular formula is C15H20N4OS. The summed E-state index contributed by atoms with van der Waals surface area (Å²) in [6.45, 7) is 5.58. The fourth-order valence-corrected chi connectivity index (χ4v) is 3.87. The molecule has 0 spiro atoms. The van der Waals surface area contributed by atoms with E-state index in [4.69, 9.17) is 0 Å². The number of rotatable bonds is 3. The van der Waals surface area contributed by atoms with Gasteiger partial charge in [0.15, 0.2) is 0 Å². The molecule has 3 rings (SSSR count). The molecule has 0 radical (unpaired) electrons. The van der Waals surface area contributed by atoms with Crippen molar-refractivity contribution in [2.45, 2.75) is 33.2 Å². The Kier molecular flexibility index (Phi) is 3.80. The number of nitrogens with zero attached hydrogens (tertiary/aromatic N) is 4. The zero-order valence-corrected chi connectivity index (χ0v) is 13.5. The molecule has 1 amide bonds. The van der Waals surface area contributed by atoms with E-state index < -0.39 is 0 Å². The third kappa shape index (κ3) is 2.85. The third-order valence-electron chi connectivity index (χ3n) is 4.01. The first-order chi connectivity index (χ1) is 10.0. The van der Waals surface area contributed by atoms with Crippen molar-refractivity contribution >= 4 is 17.2 Å². The first-order valence-electron chi connectivity index (χ1n) is 7.24. The minimum absolute atomic E-state index is 0.0922. The highest BCUT2D eigenvalue weighted by Crippen LogP contribution is 2.22. The van der Waals surface area contributed by atoms with Gasteiger partial charge in [-0.15, -0.1) is 11.3 Å². The van der Waals surface area contributed by atoms with Crippen LogP contribution in [0.4, 0.5) is 0 Å². The van der Waals surface area contributed by atoms with Crippen molar-refractivity contribution in [2.75, 3.05) is 13.6 Å². The quantitative estimate of drug-likeness (QED) is 0.874. The second-order valence-corrected chi connectivity index (χ2v) is 6.94. The van der Waals surface area contributed by atoms with E-state index in [1.165, 1.54) is 11.3 Å².